The van der Waals surface area contributed by atoms with Crippen molar-refractivity contribution in [2.75, 3.05) is 26.7 Å². The summed E-state index contributed by atoms with van der Waals surface area (Å²) in [5.74, 6) is -0.607. The van der Waals surface area contributed by atoms with Gasteiger partial charge in [0, 0.05) is 13.1 Å². The van der Waals surface area contributed by atoms with Gasteiger partial charge in [0.05, 0.1) is 7.11 Å². The van der Waals surface area contributed by atoms with Crippen molar-refractivity contribution >= 4 is 11.9 Å². The quantitative estimate of drug-likeness (QED) is 0.268. The number of hydrogen-bond acceptors (Lipinski definition) is 4. The average Bonchev–Trinajstić information content (AvgIpc) is 2.03. The molecule has 0 amide bonds. The van der Waals surface area contributed by atoms with Crippen LogP contribution in [0.2, 0.25) is 0 Å². The van der Waals surface area contributed by atoms with Crippen LogP contribution in [0.5, 0.6) is 0 Å². The second-order valence-electron chi connectivity index (χ2n) is 2.17. The molecule has 0 fully saturated rings. The van der Waals surface area contributed by atoms with E-state index in [9.17, 15) is 4.79 Å². The summed E-state index contributed by atoms with van der Waals surface area (Å²) >= 11 is 0. The lowest BCUT2D eigenvalue weighted by atomic mass is 10.5. The molecule has 0 saturated heterocycles. The normalized spacial score (nSPS) is 9.17. The van der Waals surface area contributed by atoms with Gasteiger partial charge in [0.2, 0.25) is 0 Å². The summed E-state index contributed by atoms with van der Waals surface area (Å²) < 4.78 is 4.40. The van der Waals surface area contributed by atoms with Crippen LogP contribution in [-0.4, -0.2) is 43.6 Å². The molecule has 0 saturated carbocycles. The molecule has 0 aliphatic rings. The number of nitrogens with zero attached hydrogens (tertiary/aromatic N) is 1. The number of nitrogens with one attached hydrogen (secondary N) is 1. The lowest BCUT2D eigenvalue weighted by Crippen LogP contribution is -2.43. The fourth-order valence-corrected chi connectivity index (χ4v) is 0.661. The third kappa shape index (κ3) is 3.77. The van der Waals surface area contributed by atoms with Crippen molar-refractivity contribution in [1.82, 2.24) is 4.90 Å². The molecule has 0 aromatic rings. The minimum absolute atomic E-state index is 0.0248. The molecule has 0 aliphatic carbocycles. The van der Waals surface area contributed by atoms with Crippen molar-refractivity contribution in [2.24, 2.45) is 11.5 Å². The number of carbonyl (C=O) groups excluding carboxylic acids is 1. The van der Waals surface area contributed by atoms with E-state index in [1.165, 1.54) is 12.0 Å². The number of hydrogen-bond donors (Lipinski definition) is 3. The van der Waals surface area contributed by atoms with E-state index in [4.69, 9.17) is 16.9 Å². The minimum Gasteiger partial charge on any atom is -0.468 e. The van der Waals surface area contributed by atoms with E-state index in [1.54, 1.807) is 0 Å². The van der Waals surface area contributed by atoms with Crippen LogP contribution in [0.3, 0.4) is 0 Å². The Morgan fingerprint density at radius 3 is 2.58 bits per heavy atom. The highest BCUT2D eigenvalue weighted by atomic mass is 16.5. The van der Waals surface area contributed by atoms with Gasteiger partial charge in [-0.15, -0.1) is 0 Å². The van der Waals surface area contributed by atoms with Gasteiger partial charge in [0.25, 0.3) is 0 Å². The highest BCUT2D eigenvalue weighted by molar-refractivity contribution is 5.81. The zero-order valence-electron chi connectivity index (χ0n) is 7.04. The van der Waals surface area contributed by atoms with Gasteiger partial charge < -0.3 is 21.1 Å². The zero-order valence-corrected chi connectivity index (χ0v) is 7.04. The first kappa shape index (κ1) is 10.7. The van der Waals surface area contributed by atoms with Crippen LogP contribution in [0.15, 0.2) is 0 Å². The molecule has 6 nitrogen and oxygen atoms in total. The molecule has 0 rings (SSSR count). The number of esters is 1. The second-order valence-corrected chi connectivity index (χ2v) is 2.17. The Hall–Kier alpha value is -1.30. The highest BCUT2D eigenvalue weighted by Crippen LogP contribution is 1.86. The number of ether oxygens (including phenoxy) is 1. The average molecular weight is 174 g/mol. The predicted octanol–water partition coefficient (Wildman–Crippen LogP) is -1.69. The molecule has 12 heavy (non-hydrogen) atoms. The smallest absolute Gasteiger partial charge is 0.325 e. The summed E-state index contributed by atoms with van der Waals surface area (Å²) in [5.41, 5.74) is 10.4. The molecule has 0 atom stereocenters. The molecule has 70 valence electrons. The zero-order chi connectivity index (χ0) is 9.56. The molecule has 0 radical (unpaired) electrons. The SMILES string of the molecule is COC(=O)CN(CCN)C(=N)N. The van der Waals surface area contributed by atoms with Gasteiger partial charge in [0.15, 0.2) is 5.96 Å². The molecule has 5 N–H and O–H groups in total. The predicted molar refractivity (Wildman–Crippen MR) is 44.6 cm³/mol. The molecule has 0 aromatic carbocycles. The largest absolute Gasteiger partial charge is 0.468 e. The number of rotatable bonds is 4. The van der Waals surface area contributed by atoms with E-state index in [0.717, 1.165) is 0 Å². The van der Waals surface area contributed by atoms with E-state index in [0.29, 0.717) is 13.1 Å². The van der Waals surface area contributed by atoms with Crippen molar-refractivity contribution in [1.29, 1.82) is 5.41 Å². The molecular formula is C6H14N4O2. The molecule has 0 unspecified atom stereocenters. The summed E-state index contributed by atoms with van der Waals surface area (Å²) in [5, 5.41) is 7.06. The monoisotopic (exact) mass is 174 g/mol. The van der Waals surface area contributed by atoms with Crippen molar-refractivity contribution in [3.8, 4) is 0 Å². The molecule has 0 aromatic heterocycles. The molecule has 0 aliphatic heterocycles. The van der Waals surface area contributed by atoms with Crippen LogP contribution in [-0.2, 0) is 9.53 Å². The minimum atomic E-state index is -0.432. The van der Waals surface area contributed by atoms with Gasteiger partial charge in [-0.25, -0.2) is 0 Å². The first-order valence-electron chi connectivity index (χ1n) is 3.47. The summed E-state index contributed by atoms with van der Waals surface area (Å²) in [6.07, 6.45) is 0. The first-order chi connectivity index (χ1) is 5.61. The fraction of sp³-hybridized carbons (Fsp3) is 0.667. The van der Waals surface area contributed by atoms with Crippen LogP contribution in [0, 0.1) is 5.41 Å². The molecule has 0 bridgehead atoms. The topological polar surface area (TPSA) is 105 Å². The summed E-state index contributed by atoms with van der Waals surface area (Å²) in [7, 11) is 1.28. The van der Waals surface area contributed by atoms with Crippen molar-refractivity contribution in [2.45, 2.75) is 0 Å². The Bertz CT molecular complexity index is 169. The van der Waals surface area contributed by atoms with Gasteiger partial charge >= 0.3 is 5.97 Å². The first-order valence-corrected chi connectivity index (χ1v) is 3.47. The Labute approximate surface area is 71.0 Å². The van der Waals surface area contributed by atoms with Gasteiger partial charge in [-0.05, 0) is 0 Å². The number of guanidine groups is 1. The van der Waals surface area contributed by atoms with E-state index >= 15 is 0 Å². The Morgan fingerprint density at radius 1 is 1.67 bits per heavy atom. The Kier molecular flexibility index (Phi) is 4.78. The molecule has 6 heteroatoms. The Morgan fingerprint density at radius 2 is 2.25 bits per heavy atom. The fourth-order valence-electron chi connectivity index (χ4n) is 0.661. The van der Waals surface area contributed by atoms with Crippen molar-refractivity contribution < 1.29 is 9.53 Å². The maximum atomic E-state index is 10.7. The third-order valence-corrected chi connectivity index (χ3v) is 1.29. The standard InChI is InChI=1S/C6H14N4O2/c1-12-5(11)4-10(3-2-7)6(8)9/h2-4,7H2,1H3,(H3,8,9). The summed E-state index contributed by atoms with van der Waals surface area (Å²) in [4.78, 5) is 12.1. The third-order valence-electron chi connectivity index (χ3n) is 1.29. The van der Waals surface area contributed by atoms with E-state index < -0.39 is 5.97 Å². The van der Waals surface area contributed by atoms with Gasteiger partial charge in [-0.1, -0.05) is 0 Å². The van der Waals surface area contributed by atoms with Gasteiger partial charge in [-0.2, -0.15) is 0 Å². The van der Waals surface area contributed by atoms with Crippen LogP contribution >= 0.6 is 0 Å². The second kappa shape index (κ2) is 5.36. The van der Waals surface area contributed by atoms with Crippen LogP contribution < -0.4 is 11.5 Å². The van der Waals surface area contributed by atoms with Crippen LogP contribution in [0.1, 0.15) is 0 Å². The van der Waals surface area contributed by atoms with Crippen molar-refractivity contribution in [3.05, 3.63) is 0 Å². The molecule has 0 spiro atoms. The molecule has 0 heterocycles. The number of methoxy groups -OCH3 is 1. The van der Waals surface area contributed by atoms with Crippen molar-refractivity contribution in [3.63, 3.8) is 0 Å². The lowest BCUT2D eigenvalue weighted by Gasteiger charge is -2.19. The number of nitrogens with two attached hydrogens (primary N) is 2. The van der Waals surface area contributed by atoms with Gasteiger partial charge in [-0.3, -0.25) is 10.2 Å². The maximum Gasteiger partial charge on any atom is 0.325 e. The summed E-state index contributed by atoms with van der Waals surface area (Å²) in [6.45, 7) is 0.698. The maximum absolute atomic E-state index is 10.7. The van der Waals surface area contributed by atoms with Crippen LogP contribution in [0.4, 0.5) is 0 Å². The molecular weight excluding hydrogens is 160 g/mol. The van der Waals surface area contributed by atoms with Crippen LogP contribution in [0.25, 0.3) is 0 Å². The number of carbonyl (C=O) groups is 1. The van der Waals surface area contributed by atoms with E-state index in [-0.39, 0.29) is 12.5 Å². The van der Waals surface area contributed by atoms with E-state index in [1.807, 2.05) is 0 Å². The highest BCUT2D eigenvalue weighted by Gasteiger charge is 2.10. The summed E-state index contributed by atoms with van der Waals surface area (Å²) in [6, 6.07) is 0. The lowest BCUT2D eigenvalue weighted by molar-refractivity contribution is -0.141. The van der Waals surface area contributed by atoms with E-state index in [2.05, 4.69) is 4.74 Å². The Balaban J connectivity index is 3.95. The van der Waals surface area contributed by atoms with Gasteiger partial charge in [0.1, 0.15) is 6.54 Å².